The summed E-state index contributed by atoms with van der Waals surface area (Å²) in [7, 11) is 0. The summed E-state index contributed by atoms with van der Waals surface area (Å²) in [6, 6.07) is 23.2. The maximum atomic E-state index is 12.7. The van der Waals surface area contributed by atoms with Crippen LogP contribution in [0.4, 0.5) is 11.5 Å². The normalized spacial score (nSPS) is 13.4. The Bertz CT molecular complexity index is 1160. The lowest BCUT2D eigenvalue weighted by Crippen LogP contribution is -2.19. The first-order chi connectivity index (χ1) is 15.3. The van der Waals surface area contributed by atoms with Crippen LogP contribution >= 0.6 is 0 Å². The monoisotopic (exact) mass is 409 g/mol. The van der Waals surface area contributed by atoms with E-state index in [1.54, 1.807) is 0 Å². The minimum absolute atomic E-state index is 0.147. The van der Waals surface area contributed by atoms with Gasteiger partial charge in [-0.25, -0.2) is 0 Å². The van der Waals surface area contributed by atoms with Crippen LogP contribution in [0.25, 0.3) is 16.9 Å². The largest absolute Gasteiger partial charge is 0.355 e. The van der Waals surface area contributed by atoms with Crippen LogP contribution in [0.1, 0.15) is 23.2 Å². The molecule has 154 valence electrons. The molecule has 0 unspecified atom stereocenters. The van der Waals surface area contributed by atoms with Crippen molar-refractivity contribution in [3.8, 4) is 16.9 Å². The first kappa shape index (κ1) is 19.1. The van der Waals surface area contributed by atoms with Crippen LogP contribution < -0.4 is 10.2 Å². The van der Waals surface area contributed by atoms with E-state index >= 15 is 0 Å². The first-order valence-corrected chi connectivity index (χ1v) is 10.5. The van der Waals surface area contributed by atoms with E-state index in [0.29, 0.717) is 5.56 Å². The quantitative estimate of drug-likeness (QED) is 0.515. The Hall–Kier alpha value is -3.93. The standard InChI is InChI=1S/C25H23N5O/c31-25(19-8-10-22(11-9-19)29-14-1-2-15-29)26-21-7-5-6-20(18-21)23-12-13-24(28-27-23)30-16-3-4-17-30/h1-2,5-15,18H,3-4,16-17H2,(H,26,31). The molecule has 0 radical (unpaired) electrons. The van der Waals surface area contributed by atoms with Gasteiger partial charge >= 0.3 is 0 Å². The molecule has 1 N–H and O–H groups in total. The van der Waals surface area contributed by atoms with Crippen LogP contribution in [0.2, 0.25) is 0 Å². The number of benzene rings is 2. The molecule has 0 aliphatic carbocycles. The molecule has 3 heterocycles. The predicted molar refractivity (Wildman–Crippen MR) is 123 cm³/mol. The smallest absolute Gasteiger partial charge is 0.255 e. The van der Waals surface area contributed by atoms with Gasteiger partial charge in [-0.05, 0) is 73.5 Å². The van der Waals surface area contributed by atoms with E-state index in [1.165, 1.54) is 12.8 Å². The van der Waals surface area contributed by atoms with Gasteiger partial charge in [-0.1, -0.05) is 12.1 Å². The lowest BCUT2D eigenvalue weighted by atomic mass is 10.1. The Morgan fingerprint density at radius 3 is 2.32 bits per heavy atom. The highest BCUT2D eigenvalue weighted by Crippen LogP contribution is 2.23. The highest BCUT2D eigenvalue weighted by atomic mass is 16.1. The molecule has 1 aliphatic heterocycles. The van der Waals surface area contributed by atoms with Crippen LogP contribution in [-0.2, 0) is 0 Å². The van der Waals surface area contributed by atoms with Crippen LogP contribution in [0.15, 0.2) is 85.2 Å². The Morgan fingerprint density at radius 1 is 0.839 bits per heavy atom. The molecule has 1 amide bonds. The van der Waals surface area contributed by atoms with Crippen molar-refractivity contribution in [1.29, 1.82) is 0 Å². The molecule has 1 aliphatic rings. The summed E-state index contributed by atoms with van der Waals surface area (Å²) < 4.78 is 2.00. The van der Waals surface area contributed by atoms with Gasteiger partial charge in [0.05, 0.1) is 5.69 Å². The number of aromatic nitrogens is 3. The van der Waals surface area contributed by atoms with Gasteiger partial charge in [0.2, 0.25) is 0 Å². The fraction of sp³-hybridized carbons (Fsp3) is 0.160. The number of nitrogens with one attached hydrogen (secondary N) is 1. The highest BCUT2D eigenvalue weighted by Gasteiger charge is 2.14. The van der Waals surface area contributed by atoms with Gasteiger partial charge in [0.15, 0.2) is 5.82 Å². The molecule has 2 aromatic carbocycles. The molecule has 1 saturated heterocycles. The van der Waals surface area contributed by atoms with E-state index < -0.39 is 0 Å². The van der Waals surface area contributed by atoms with Gasteiger partial charge in [0.25, 0.3) is 5.91 Å². The molecule has 0 bridgehead atoms. The summed E-state index contributed by atoms with van der Waals surface area (Å²) >= 11 is 0. The van der Waals surface area contributed by atoms with Gasteiger partial charge in [-0.2, -0.15) is 0 Å². The zero-order valence-corrected chi connectivity index (χ0v) is 17.1. The van der Waals surface area contributed by atoms with Crippen LogP contribution in [0, 0.1) is 0 Å². The molecule has 5 rings (SSSR count). The molecule has 0 spiro atoms. The van der Waals surface area contributed by atoms with E-state index in [9.17, 15) is 4.79 Å². The van der Waals surface area contributed by atoms with Crippen LogP contribution in [0.3, 0.4) is 0 Å². The van der Waals surface area contributed by atoms with E-state index in [2.05, 4.69) is 20.4 Å². The van der Waals surface area contributed by atoms with Crippen molar-refractivity contribution >= 4 is 17.4 Å². The Kier molecular flexibility index (Phi) is 5.19. The molecule has 6 nitrogen and oxygen atoms in total. The molecular weight excluding hydrogens is 386 g/mol. The van der Waals surface area contributed by atoms with Crippen molar-refractivity contribution in [1.82, 2.24) is 14.8 Å². The third-order valence-electron chi connectivity index (χ3n) is 5.53. The average molecular weight is 409 g/mol. The van der Waals surface area contributed by atoms with Gasteiger partial charge in [0.1, 0.15) is 0 Å². The van der Waals surface area contributed by atoms with Crippen molar-refractivity contribution < 1.29 is 4.79 Å². The van der Waals surface area contributed by atoms with Crippen molar-refractivity contribution in [3.05, 3.63) is 90.8 Å². The van der Waals surface area contributed by atoms with E-state index in [4.69, 9.17) is 0 Å². The zero-order valence-electron chi connectivity index (χ0n) is 17.1. The molecular formula is C25H23N5O. The Labute approximate surface area is 181 Å². The van der Waals surface area contributed by atoms with Crippen molar-refractivity contribution in [3.63, 3.8) is 0 Å². The fourth-order valence-electron chi connectivity index (χ4n) is 3.85. The maximum absolute atomic E-state index is 12.7. The third kappa shape index (κ3) is 4.19. The SMILES string of the molecule is O=C(Nc1cccc(-c2ccc(N3CCCC3)nn2)c1)c1ccc(-n2cccc2)cc1. The summed E-state index contributed by atoms with van der Waals surface area (Å²) in [5.41, 5.74) is 4.05. The molecule has 0 saturated carbocycles. The van der Waals surface area contributed by atoms with Crippen molar-refractivity contribution in [2.75, 3.05) is 23.3 Å². The predicted octanol–water partition coefficient (Wildman–Crippen LogP) is 4.79. The Morgan fingerprint density at radius 2 is 1.61 bits per heavy atom. The minimum Gasteiger partial charge on any atom is -0.355 e. The lowest BCUT2D eigenvalue weighted by Gasteiger charge is -2.15. The number of hydrogen-bond acceptors (Lipinski definition) is 4. The average Bonchev–Trinajstić information content (AvgIpc) is 3.54. The summed E-state index contributed by atoms with van der Waals surface area (Å²) in [4.78, 5) is 15.0. The molecule has 31 heavy (non-hydrogen) atoms. The maximum Gasteiger partial charge on any atom is 0.255 e. The summed E-state index contributed by atoms with van der Waals surface area (Å²) in [6.45, 7) is 2.09. The molecule has 6 heteroatoms. The fourth-order valence-corrected chi connectivity index (χ4v) is 3.85. The van der Waals surface area contributed by atoms with Crippen LogP contribution in [0.5, 0.6) is 0 Å². The number of rotatable bonds is 5. The number of anilines is 2. The van der Waals surface area contributed by atoms with Gasteiger partial charge in [-0.15, -0.1) is 10.2 Å². The lowest BCUT2D eigenvalue weighted by molar-refractivity contribution is 0.102. The first-order valence-electron chi connectivity index (χ1n) is 10.5. The second-order valence-electron chi connectivity index (χ2n) is 7.64. The number of carbonyl (C=O) groups excluding carboxylic acids is 1. The molecule has 2 aromatic heterocycles. The summed E-state index contributed by atoms with van der Waals surface area (Å²) in [5.74, 6) is 0.778. The molecule has 1 fully saturated rings. The van der Waals surface area contributed by atoms with Gasteiger partial charge in [0, 0.05) is 48.0 Å². The van der Waals surface area contributed by atoms with Gasteiger partial charge in [-0.3, -0.25) is 4.79 Å². The second kappa shape index (κ2) is 8.44. The third-order valence-corrected chi connectivity index (χ3v) is 5.53. The van der Waals surface area contributed by atoms with Gasteiger partial charge < -0.3 is 14.8 Å². The molecule has 0 atom stereocenters. The molecule has 4 aromatic rings. The van der Waals surface area contributed by atoms with Crippen molar-refractivity contribution in [2.24, 2.45) is 0 Å². The number of nitrogens with zero attached hydrogens (tertiary/aromatic N) is 4. The Balaban J connectivity index is 1.29. The van der Waals surface area contributed by atoms with E-state index in [1.807, 2.05) is 89.8 Å². The van der Waals surface area contributed by atoms with E-state index in [-0.39, 0.29) is 5.91 Å². The number of carbonyl (C=O) groups is 1. The summed E-state index contributed by atoms with van der Waals surface area (Å²) in [5, 5.41) is 11.8. The number of amides is 1. The zero-order chi connectivity index (χ0) is 21.0. The minimum atomic E-state index is -0.147. The number of hydrogen-bond donors (Lipinski definition) is 1. The van der Waals surface area contributed by atoms with E-state index in [0.717, 1.165) is 41.5 Å². The second-order valence-corrected chi connectivity index (χ2v) is 7.64. The van der Waals surface area contributed by atoms with Crippen LogP contribution in [-0.4, -0.2) is 33.8 Å². The van der Waals surface area contributed by atoms with Crippen molar-refractivity contribution in [2.45, 2.75) is 12.8 Å². The topological polar surface area (TPSA) is 63.1 Å². The highest BCUT2D eigenvalue weighted by molar-refractivity contribution is 6.04. The summed E-state index contributed by atoms with van der Waals surface area (Å²) in [6.07, 6.45) is 6.36.